The van der Waals surface area contributed by atoms with Gasteiger partial charge in [-0.15, -0.1) is 0 Å². The lowest BCUT2D eigenvalue weighted by Gasteiger charge is -2.37. The third kappa shape index (κ3) is 2.99. The minimum Gasteiger partial charge on any atom is -0.298 e. The summed E-state index contributed by atoms with van der Waals surface area (Å²) in [5.74, 6) is 0. The van der Waals surface area contributed by atoms with E-state index >= 15 is 0 Å². The van der Waals surface area contributed by atoms with E-state index in [0.717, 1.165) is 31.7 Å². The van der Waals surface area contributed by atoms with E-state index in [9.17, 15) is 13.2 Å². The minimum absolute atomic E-state index is 0.568. The molecule has 2 saturated heterocycles. The number of fused-ring (bicyclic) bond motifs is 1. The molecule has 5 heteroatoms. The lowest BCUT2D eigenvalue weighted by atomic mass is 10.1. The van der Waals surface area contributed by atoms with Gasteiger partial charge in [0, 0.05) is 32.2 Å². The van der Waals surface area contributed by atoms with E-state index in [-0.39, 0.29) is 0 Å². The molecule has 20 heavy (non-hydrogen) atoms. The number of piperazine rings is 1. The molecule has 110 valence electrons. The highest BCUT2D eigenvalue weighted by atomic mass is 19.4. The van der Waals surface area contributed by atoms with Crippen LogP contribution in [0.15, 0.2) is 24.3 Å². The molecule has 2 heterocycles. The Balaban J connectivity index is 1.60. The minimum atomic E-state index is -4.24. The normalized spacial score (nSPS) is 24.9. The van der Waals surface area contributed by atoms with E-state index < -0.39 is 11.7 Å². The van der Waals surface area contributed by atoms with E-state index in [2.05, 4.69) is 9.80 Å². The SMILES string of the molecule is FC(F)(F)c1ccc(CN2CCN3CCCC3C2)cc1. The van der Waals surface area contributed by atoms with Gasteiger partial charge < -0.3 is 0 Å². The zero-order chi connectivity index (χ0) is 14.2. The van der Waals surface area contributed by atoms with Crippen molar-refractivity contribution < 1.29 is 13.2 Å². The van der Waals surface area contributed by atoms with E-state index in [4.69, 9.17) is 0 Å². The van der Waals surface area contributed by atoms with Crippen molar-refractivity contribution in [3.63, 3.8) is 0 Å². The van der Waals surface area contributed by atoms with E-state index in [1.807, 2.05) is 0 Å². The fourth-order valence-corrected chi connectivity index (χ4v) is 3.26. The van der Waals surface area contributed by atoms with Crippen LogP contribution in [0.1, 0.15) is 24.0 Å². The van der Waals surface area contributed by atoms with E-state index in [1.54, 1.807) is 12.1 Å². The van der Waals surface area contributed by atoms with Crippen LogP contribution in [-0.2, 0) is 12.7 Å². The van der Waals surface area contributed by atoms with Crippen LogP contribution < -0.4 is 0 Å². The number of halogens is 3. The lowest BCUT2D eigenvalue weighted by Crippen LogP contribution is -2.49. The average molecular weight is 284 g/mol. The fraction of sp³-hybridized carbons (Fsp3) is 0.600. The summed E-state index contributed by atoms with van der Waals surface area (Å²) in [7, 11) is 0. The first-order valence-corrected chi connectivity index (χ1v) is 7.15. The number of alkyl halides is 3. The maximum atomic E-state index is 12.5. The highest BCUT2D eigenvalue weighted by molar-refractivity contribution is 5.24. The van der Waals surface area contributed by atoms with Crippen molar-refractivity contribution in [3.8, 4) is 0 Å². The Bertz CT molecular complexity index is 455. The highest BCUT2D eigenvalue weighted by Gasteiger charge is 2.31. The summed E-state index contributed by atoms with van der Waals surface area (Å²) >= 11 is 0. The van der Waals surface area contributed by atoms with Gasteiger partial charge in [0.25, 0.3) is 0 Å². The topological polar surface area (TPSA) is 6.48 Å². The van der Waals surface area contributed by atoms with Gasteiger partial charge in [-0.3, -0.25) is 9.80 Å². The maximum Gasteiger partial charge on any atom is 0.416 e. The Morgan fingerprint density at radius 1 is 1.05 bits per heavy atom. The average Bonchev–Trinajstić information content (AvgIpc) is 2.86. The first-order chi connectivity index (χ1) is 9.52. The van der Waals surface area contributed by atoms with Gasteiger partial charge in [0.2, 0.25) is 0 Å². The van der Waals surface area contributed by atoms with Crippen LogP contribution in [0.25, 0.3) is 0 Å². The van der Waals surface area contributed by atoms with Crippen LogP contribution in [0, 0.1) is 0 Å². The van der Waals surface area contributed by atoms with Crippen molar-refractivity contribution in [2.45, 2.75) is 31.6 Å². The van der Waals surface area contributed by atoms with Crippen LogP contribution in [0.3, 0.4) is 0 Å². The van der Waals surface area contributed by atoms with Gasteiger partial charge in [0.05, 0.1) is 5.56 Å². The molecule has 1 aromatic carbocycles. The number of rotatable bonds is 2. The van der Waals surface area contributed by atoms with Crippen molar-refractivity contribution in [1.29, 1.82) is 0 Å². The van der Waals surface area contributed by atoms with Gasteiger partial charge in [-0.1, -0.05) is 12.1 Å². The summed E-state index contributed by atoms with van der Waals surface area (Å²) in [5.41, 5.74) is 0.395. The molecule has 2 nitrogen and oxygen atoms in total. The van der Waals surface area contributed by atoms with E-state index in [1.165, 1.54) is 31.5 Å². The first-order valence-electron chi connectivity index (χ1n) is 7.15. The second-order valence-corrected chi connectivity index (χ2v) is 5.76. The monoisotopic (exact) mass is 284 g/mol. The second kappa shape index (κ2) is 5.37. The molecule has 0 radical (unpaired) electrons. The Morgan fingerprint density at radius 2 is 1.80 bits per heavy atom. The Morgan fingerprint density at radius 3 is 2.50 bits per heavy atom. The summed E-state index contributed by atoms with van der Waals surface area (Å²) < 4.78 is 37.5. The van der Waals surface area contributed by atoms with Crippen LogP contribution in [0.4, 0.5) is 13.2 Å². The van der Waals surface area contributed by atoms with Gasteiger partial charge in [0.1, 0.15) is 0 Å². The molecule has 0 saturated carbocycles. The number of hydrogen-bond acceptors (Lipinski definition) is 2. The molecule has 0 N–H and O–H groups in total. The number of nitrogens with zero attached hydrogens (tertiary/aromatic N) is 2. The molecule has 3 rings (SSSR count). The molecule has 0 spiro atoms. The van der Waals surface area contributed by atoms with Crippen LogP contribution in [-0.4, -0.2) is 42.0 Å². The van der Waals surface area contributed by atoms with Crippen LogP contribution in [0.2, 0.25) is 0 Å². The smallest absolute Gasteiger partial charge is 0.298 e. The number of hydrogen-bond donors (Lipinski definition) is 0. The highest BCUT2D eigenvalue weighted by Crippen LogP contribution is 2.29. The molecule has 1 aromatic rings. The third-order valence-electron chi connectivity index (χ3n) is 4.36. The van der Waals surface area contributed by atoms with E-state index in [0.29, 0.717) is 6.04 Å². The molecule has 2 aliphatic rings. The molecule has 1 atom stereocenters. The summed E-state index contributed by atoms with van der Waals surface area (Å²) in [6, 6.07) is 6.22. The largest absolute Gasteiger partial charge is 0.416 e. The molecule has 0 aromatic heterocycles. The van der Waals surface area contributed by atoms with Crippen LogP contribution in [0.5, 0.6) is 0 Å². The standard InChI is InChI=1S/C15H19F3N2/c16-15(17,18)13-5-3-12(4-6-13)10-19-8-9-20-7-1-2-14(20)11-19/h3-6,14H,1-2,7-11H2. The van der Waals surface area contributed by atoms with Gasteiger partial charge in [-0.2, -0.15) is 13.2 Å². The second-order valence-electron chi connectivity index (χ2n) is 5.76. The van der Waals surface area contributed by atoms with Crippen LogP contribution >= 0.6 is 0 Å². The van der Waals surface area contributed by atoms with Crippen molar-refractivity contribution in [2.24, 2.45) is 0 Å². The van der Waals surface area contributed by atoms with Gasteiger partial charge in [0.15, 0.2) is 0 Å². The van der Waals surface area contributed by atoms with Crippen molar-refractivity contribution in [3.05, 3.63) is 35.4 Å². The maximum absolute atomic E-state index is 12.5. The summed E-state index contributed by atoms with van der Waals surface area (Å²) in [6.45, 7) is 5.10. The predicted octanol–water partition coefficient (Wildman–Crippen LogP) is 2.99. The van der Waals surface area contributed by atoms with Gasteiger partial charge >= 0.3 is 6.18 Å². The summed E-state index contributed by atoms with van der Waals surface area (Å²) in [4.78, 5) is 4.89. The summed E-state index contributed by atoms with van der Waals surface area (Å²) in [6.07, 6.45) is -1.71. The third-order valence-corrected chi connectivity index (χ3v) is 4.36. The molecular weight excluding hydrogens is 265 g/mol. The van der Waals surface area contributed by atoms with Crippen molar-refractivity contribution in [1.82, 2.24) is 9.80 Å². The van der Waals surface area contributed by atoms with Crippen molar-refractivity contribution in [2.75, 3.05) is 26.2 Å². The molecule has 0 amide bonds. The predicted molar refractivity (Wildman–Crippen MR) is 71.3 cm³/mol. The Hall–Kier alpha value is -1.07. The summed E-state index contributed by atoms with van der Waals surface area (Å²) in [5, 5.41) is 0. The molecule has 2 aliphatic heterocycles. The zero-order valence-electron chi connectivity index (χ0n) is 11.4. The Labute approximate surface area is 117 Å². The van der Waals surface area contributed by atoms with Gasteiger partial charge in [-0.25, -0.2) is 0 Å². The molecule has 1 unspecified atom stereocenters. The molecular formula is C15H19F3N2. The zero-order valence-corrected chi connectivity index (χ0v) is 11.4. The quantitative estimate of drug-likeness (QED) is 0.824. The fourth-order valence-electron chi connectivity index (χ4n) is 3.26. The molecule has 2 fully saturated rings. The lowest BCUT2D eigenvalue weighted by molar-refractivity contribution is -0.137. The number of benzene rings is 1. The molecule has 0 aliphatic carbocycles. The van der Waals surface area contributed by atoms with Gasteiger partial charge in [-0.05, 0) is 37.1 Å². The van der Waals surface area contributed by atoms with Crippen molar-refractivity contribution >= 4 is 0 Å². The molecule has 0 bridgehead atoms. The first kappa shape index (κ1) is 13.9. The Kier molecular flexibility index (Phi) is 3.73.